The number of amides is 3. The van der Waals surface area contributed by atoms with Crippen LogP contribution in [0.25, 0.3) is 10.4 Å². The Bertz CT molecular complexity index is 877. The molecule has 2 aliphatic rings. The number of carbonyl (C=O) groups is 3. The van der Waals surface area contributed by atoms with Crippen LogP contribution in [0.2, 0.25) is 0 Å². The Balaban J connectivity index is 1.55. The summed E-state index contributed by atoms with van der Waals surface area (Å²) in [5.74, 6) is -0.347. The Morgan fingerprint density at radius 2 is 1.96 bits per heavy atom. The highest BCUT2D eigenvalue weighted by Crippen LogP contribution is 2.33. The van der Waals surface area contributed by atoms with Crippen LogP contribution < -0.4 is 5.32 Å². The van der Waals surface area contributed by atoms with E-state index in [1.54, 1.807) is 9.80 Å². The fourth-order valence-corrected chi connectivity index (χ4v) is 4.64. The van der Waals surface area contributed by atoms with Gasteiger partial charge in [-0.2, -0.15) is 0 Å². The number of rotatable bonds is 2. The summed E-state index contributed by atoms with van der Waals surface area (Å²) in [6.45, 7) is 3.15. The van der Waals surface area contributed by atoms with Gasteiger partial charge in [-0.1, -0.05) is 30.3 Å². The van der Waals surface area contributed by atoms with Crippen molar-refractivity contribution in [2.45, 2.75) is 13.0 Å². The molecule has 0 aliphatic carbocycles. The van der Waals surface area contributed by atoms with E-state index in [2.05, 4.69) is 5.32 Å². The van der Waals surface area contributed by atoms with E-state index >= 15 is 0 Å². The molecule has 0 radical (unpaired) electrons. The van der Waals surface area contributed by atoms with Crippen molar-refractivity contribution in [3.05, 3.63) is 46.8 Å². The number of benzene rings is 1. The summed E-state index contributed by atoms with van der Waals surface area (Å²) >= 11 is 1.47. The number of hydrogen-bond donors (Lipinski definition) is 1. The molecule has 2 fully saturated rings. The molecule has 1 aromatic carbocycles. The zero-order valence-electron chi connectivity index (χ0n) is 14.4. The van der Waals surface area contributed by atoms with E-state index in [9.17, 15) is 14.4 Å². The highest BCUT2D eigenvalue weighted by atomic mass is 32.1. The molecule has 6 nitrogen and oxygen atoms in total. The molecule has 2 aromatic rings. The molecule has 3 amide bonds. The van der Waals surface area contributed by atoms with Crippen LogP contribution in [-0.2, 0) is 9.59 Å². The molecule has 134 valence electrons. The minimum absolute atomic E-state index is 0.0494. The first-order valence-corrected chi connectivity index (χ1v) is 9.38. The maximum atomic E-state index is 13.0. The summed E-state index contributed by atoms with van der Waals surface area (Å²) in [6, 6.07) is 11.3. The molecule has 0 saturated carbocycles. The zero-order chi connectivity index (χ0) is 18.3. The molecule has 2 aliphatic heterocycles. The largest absolute Gasteiger partial charge is 0.345 e. The molecule has 3 heterocycles. The minimum atomic E-state index is -0.580. The van der Waals surface area contributed by atoms with Gasteiger partial charge in [0.25, 0.3) is 5.91 Å². The van der Waals surface area contributed by atoms with Crippen LogP contribution in [0.15, 0.2) is 36.4 Å². The van der Waals surface area contributed by atoms with Crippen molar-refractivity contribution in [2.24, 2.45) is 0 Å². The number of nitrogens with one attached hydrogen (secondary N) is 1. The molecular formula is C19H19N3O3S. The average molecular weight is 369 g/mol. The molecule has 0 spiro atoms. The third kappa shape index (κ3) is 2.88. The number of piperazine rings is 2. The van der Waals surface area contributed by atoms with Gasteiger partial charge in [0.1, 0.15) is 6.04 Å². The summed E-state index contributed by atoms with van der Waals surface area (Å²) in [5.41, 5.74) is 2.16. The molecule has 0 unspecified atom stereocenters. The molecule has 1 aromatic heterocycles. The van der Waals surface area contributed by atoms with Crippen LogP contribution in [-0.4, -0.2) is 59.7 Å². The van der Waals surface area contributed by atoms with Crippen LogP contribution in [0.5, 0.6) is 0 Å². The van der Waals surface area contributed by atoms with Gasteiger partial charge in [0.2, 0.25) is 11.8 Å². The number of aryl methyl sites for hydroxylation is 1. The van der Waals surface area contributed by atoms with Crippen LogP contribution in [0, 0.1) is 6.92 Å². The lowest BCUT2D eigenvalue weighted by atomic mass is 10.1. The highest BCUT2D eigenvalue weighted by Gasteiger charge is 2.40. The van der Waals surface area contributed by atoms with E-state index in [4.69, 9.17) is 0 Å². The number of fused-ring (bicyclic) bond motifs is 1. The van der Waals surface area contributed by atoms with Gasteiger partial charge in [-0.25, -0.2) is 0 Å². The van der Waals surface area contributed by atoms with E-state index in [0.29, 0.717) is 18.0 Å². The third-order valence-electron chi connectivity index (χ3n) is 4.87. The first-order chi connectivity index (χ1) is 12.5. The second kappa shape index (κ2) is 6.57. The summed E-state index contributed by atoms with van der Waals surface area (Å²) < 4.78 is 0. The predicted molar refractivity (Wildman–Crippen MR) is 98.9 cm³/mol. The molecular weight excluding hydrogens is 350 g/mol. The topological polar surface area (TPSA) is 69.7 Å². The van der Waals surface area contributed by atoms with Crippen molar-refractivity contribution >= 4 is 29.1 Å². The number of hydrogen-bond acceptors (Lipinski definition) is 4. The molecule has 1 atom stereocenters. The van der Waals surface area contributed by atoms with Gasteiger partial charge in [-0.3, -0.25) is 14.4 Å². The first-order valence-electron chi connectivity index (χ1n) is 8.57. The number of carbonyl (C=O) groups excluding carboxylic acids is 3. The van der Waals surface area contributed by atoms with Gasteiger partial charge in [-0.05, 0) is 24.1 Å². The van der Waals surface area contributed by atoms with E-state index < -0.39 is 6.04 Å². The van der Waals surface area contributed by atoms with Crippen molar-refractivity contribution in [2.75, 3.05) is 26.2 Å². The van der Waals surface area contributed by atoms with E-state index in [1.807, 2.05) is 43.3 Å². The van der Waals surface area contributed by atoms with Crippen LogP contribution in [0.4, 0.5) is 0 Å². The second-order valence-corrected chi connectivity index (χ2v) is 7.61. The minimum Gasteiger partial charge on any atom is -0.345 e. The van der Waals surface area contributed by atoms with Crippen LogP contribution in [0.3, 0.4) is 0 Å². The molecule has 4 rings (SSSR count). The summed E-state index contributed by atoms with van der Waals surface area (Å²) in [7, 11) is 0. The van der Waals surface area contributed by atoms with Gasteiger partial charge >= 0.3 is 0 Å². The summed E-state index contributed by atoms with van der Waals surface area (Å²) in [5, 5.41) is 2.60. The van der Waals surface area contributed by atoms with Crippen molar-refractivity contribution in [1.29, 1.82) is 0 Å². The van der Waals surface area contributed by atoms with E-state index in [-0.39, 0.29) is 30.8 Å². The number of nitrogens with zero attached hydrogens (tertiary/aromatic N) is 2. The van der Waals surface area contributed by atoms with Crippen molar-refractivity contribution in [1.82, 2.24) is 15.1 Å². The molecule has 0 bridgehead atoms. The Hall–Kier alpha value is -2.67. The maximum absolute atomic E-state index is 13.0. The lowest BCUT2D eigenvalue weighted by molar-refractivity contribution is -0.148. The Kier molecular flexibility index (Phi) is 4.24. The summed E-state index contributed by atoms with van der Waals surface area (Å²) in [6.07, 6.45) is 0. The quantitative estimate of drug-likeness (QED) is 0.872. The Morgan fingerprint density at radius 3 is 2.73 bits per heavy atom. The smallest absolute Gasteiger partial charge is 0.264 e. The van der Waals surface area contributed by atoms with Gasteiger partial charge in [-0.15, -0.1) is 11.3 Å². The Morgan fingerprint density at radius 1 is 1.19 bits per heavy atom. The predicted octanol–water partition coefficient (Wildman–Crippen LogP) is 1.51. The third-order valence-corrected chi connectivity index (χ3v) is 6.14. The van der Waals surface area contributed by atoms with Crippen molar-refractivity contribution in [3.63, 3.8) is 0 Å². The van der Waals surface area contributed by atoms with Gasteiger partial charge < -0.3 is 15.1 Å². The first kappa shape index (κ1) is 16.8. The maximum Gasteiger partial charge on any atom is 0.264 e. The number of thiophene rings is 1. The fourth-order valence-electron chi connectivity index (χ4n) is 3.49. The molecule has 1 N–H and O–H groups in total. The normalized spacial score (nSPS) is 20.0. The Labute approximate surface area is 155 Å². The SMILES string of the molecule is Cc1cc(C(=O)N2CCN3C(=O)CNC(=O)[C@@H]3C2)sc1-c1ccccc1. The average Bonchev–Trinajstić information content (AvgIpc) is 3.06. The van der Waals surface area contributed by atoms with Gasteiger partial charge in [0, 0.05) is 18.0 Å². The van der Waals surface area contributed by atoms with Crippen LogP contribution in [0.1, 0.15) is 15.2 Å². The molecule has 7 heteroatoms. The second-order valence-electron chi connectivity index (χ2n) is 6.56. The zero-order valence-corrected chi connectivity index (χ0v) is 15.2. The summed E-state index contributed by atoms with van der Waals surface area (Å²) in [4.78, 5) is 42.0. The van der Waals surface area contributed by atoms with Gasteiger partial charge in [0.05, 0.1) is 18.0 Å². The van der Waals surface area contributed by atoms with Gasteiger partial charge in [0.15, 0.2) is 0 Å². The van der Waals surface area contributed by atoms with Crippen molar-refractivity contribution < 1.29 is 14.4 Å². The highest BCUT2D eigenvalue weighted by molar-refractivity contribution is 7.17. The monoisotopic (exact) mass is 369 g/mol. The van der Waals surface area contributed by atoms with E-state index in [0.717, 1.165) is 16.0 Å². The molecule has 26 heavy (non-hydrogen) atoms. The van der Waals surface area contributed by atoms with Crippen LogP contribution >= 0.6 is 11.3 Å². The lowest BCUT2D eigenvalue weighted by Gasteiger charge is -2.42. The molecule has 2 saturated heterocycles. The lowest BCUT2D eigenvalue weighted by Crippen LogP contribution is -2.66. The fraction of sp³-hybridized carbons (Fsp3) is 0.316. The standard InChI is InChI=1S/C19H19N3O3S/c1-12-9-15(26-17(12)13-5-3-2-4-6-13)19(25)21-7-8-22-14(11-21)18(24)20-10-16(22)23/h2-6,9,14H,7-8,10-11H2,1H3,(H,20,24)/t14-/m0/s1. The van der Waals surface area contributed by atoms with E-state index in [1.165, 1.54) is 11.3 Å². The van der Waals surface area contributed by atoms with Crippen molar-refractivity contribution in [3.8, 4) is 10.4 Å².